The van der Waals surface area contributed by atoms with E-state index in [1.54, 1.807) is 12.0 Å². The average molecular weight is 553 g/mol. The Kier molecular flexibility index (Phi) is 7.15. The second-order valence-corrected chi connectivity index (χ2v) is 11.7. The van der Waals surface area contributed by atoms with Gasteiger partial charge in [0.15, 0.2) is 0 Å². The Hall–Kier alpha value is -4.33. The summed E-state index contributed by atoms with van der Waals surface area (Å²) >= 11 is 0. The molecule has 0 bridgehead atoms. The lowest BCUT2D eigenvalue weighted by Crippen LogP contribution is -2.58. The third-order valence-electron chi connectivity index (χ3n) is 8.38. The lowest BCUT2D eigenvalue weighted by atomic mass is 9.81. The molecule has 2 heterocycles. The maximum absolute atomic E-state index is 13.8. The highest BCUT2D eigenvalue weighted by molar-refractivity contribution is 5.97. The predicted octanol–water partition coefficient (Wildman–Crippen LogP) is 3.32. The van der Waals surface area contributed by atoms with Gasteiger partial charge in [-0.25, -0.2) is 0 Å². The Balaban J connectivity index is 1.22. The number of rotatable bonds is 8. The van der Waals surface area contributed by atoms with Gasteiger partial charge in [0.25, 0.3) is 11.8 Å². The van der Waals surface area contributed by atoms with Crippen LogP contribution in [0.25, 0.3) is 0 Å². The van der Waals surface area contributed by atoms with Gasteiger partial charge in [0.2, 0.25) is 5.91 Å². The number of amides is 3. The van der Waals surface area contributed by atoms with Gasteiger partial charge >= 0.3 is 0 Å². The highest BCUT2D eigenvalue weighted by Gasteiger charge is 2.42. The molecule has 2 fully saturated rings. The molecule has 4 aliphatic rings. The zero-order valence-electron chi connectivity index (χ0n) is 23.5. The van der Waals surface area contributed by atoms with E-state index in [0.717, 1.165) is 29.7 Å². The van der Waals surface area contributed by atoms with Crippen molar-refractivity contribution < 1.29 is 19.1 Å². The Morgan fingerprint density at radius 1 is 1.07 bits per heavy atom. The van der Waals surface area contributed by atoms with E-state index in [2.05, 4.69) is 17.6 Å². The van der Waals surface area contributed by atoms with Crippen LogP contribution in [0.2, 0.25) is 0 Å². The number of nitrogens with one attached hydrogen (secondary N) is 2. The predicted molar refractivity (Wildman–Crippen MR) is 155 cm³/mol. The summed E-state index contributed by atoms with van der Waals surface area (Å²) < 4.78 is 5.41. The summed E-state index contributed by atoms with van der Waals surface area (Å²) in [4.78, 5) is 43.6. The SMILES string of the molecule is COC1=CC2(C)C=C(C(=O)N3CC(=O)N(Cc4cccc(C(=O)NC5CC5)c4)[C@@H](Cc4ccccc4)C3)NC2C=C1. The molecule has 3 amide bonds. The van der Waals surface area contributed by atoms with E-state index in [1.165, 1.54) is 0 Å². The van der Waals surface area contributed by atoms with E-state index in [4.69, 9.17) is 4.74 Å². The van der Waals surface area contributed by atoms with Crippen LogP contribution in [-0.4, -0.2) is 65.8 Å². The number of ether oxygens (including phenoxy) is 1. The Morgan fingerprint density at radius 2 is 1.85 bits per heavy atom. The number of piperazine rings is 1. The van der Waals surface area contributed by atoms with Crippen LogP contribution < -0.4 is 10.6 Å². The first-order chi connectivity index (χ1) is 19.8. The van der Waals surface area contributed by atoms with Crippen LogP contribution >= 0.6 is 0 Å². The minimum absolute atomic E-state index is 0.00137. The number of allylic oxidation sites excluding steroid dienone is 1. The van der Waals surface area contributed by atoms with Crippen molar-refractivity contribution >= 4 is 17.7 Å². The third-order valence-corrected chi connectivity index (χ3v) is 8.38. The number of methoxy groups -OCH3 is 1. The summed E-state index contributed by atoms with van der Waals surface area (Å²) in [5.74, 6) is 0.399. The number of nitrogens with zero attached hydrogens (tertiary/aromatic N) is 2. The summed E-state index contributed by atoms with van der Waals surface area (Å²) in [6, 6.07) is 17.5. The Labute approximate surface area is 240 Å². The van der Waals surface area contributed by atoms with E-state index < -0.39 is 5.41 Å². The molecule has 1 saturated carbocycles. The van der Waals surface area contributed by atoms with Crippen molar-refractivity contribution in [2.75, 3.05) is 20.2 Å². The van der Waals surface area contributed by atoms with Gasteiger partial charge in [-0.2, -0.15) is 0 Å². The molecule has 212 valence electrons. The fraction of sp³-hybridized carbons (Fsp3) is 0.364. The van der Waals surface area contributed by atoms with E-state index >= 15 is 0 Å². The molecular formula is C33H36N4O4. The van der Waals surface area contributed by atoms with Crippen molar-refractivity contribution in [3.63, 3.8) is 0 Å². The fourth-order valence-electron chi connectivity index (χ4n) is 5.93. The topological polar surface area (TPSA) is 91.0 Å². The molecule has 41 heavy (non-hydrogen) atoms. The molecule has 2 aromatic carbocycles. The van der Waals surface area contributed by atoms with Crippen LogP contribution in [0.3, 0.4) is 0 Å². The van der Waals surface area contributed by atoms with E-state index in [1.807, 2.05) is 83.8 Å². The summed E-state index contributed by atoms with van der Waals surface area (Å²) in [5.41, 5.74) is 2.71. The normalized spacial score (nSPS) is 25.2. The van der Waals surface area contributed by atoms with Crippen LogP contribution in [0.4, 0.5) is 0 Å². The van der Waals surface area contributed by atoms with E-state index in [0.29, 0.717) is 30.8 Å². The summed E-state index contributed by atoms with van der Waals surface area (Å²) in [6.45, 7) is 2.85. The minimum atomic E-state index is -0.392. The maximum Gasteiger partial charge on any atom is 0.270 e. The molecule has 3 atom stereocenters. The quantitative estimate of drug-likeness (QED) is 0.525. The number of hydrogen-bond donors (Lipinski definition) is 2. The standard InChI is InChI=1S/C33H36N4O4/c1-33-17-27(41-2)13-14-29(33)35-28(18-33)32(40)36-20-26(16-22-7-4-3-5-8-22)37(30(38)21-36)19-23-9-6-10-24(15-23)31(39)34-25-11-12-25/h3-10,13-15,17-18,25-26,29,35H,11-12,16,19-21H2,1-2H3,(H,34,39)/t26-,29?,33?/m0/s1. The third kappa shape index (κ3) is 5.78. The van der Waals surface area contributed by atoms with Gasteiger partial charge in [-0.1, -0.05) is 55.5 Å². The molecule has 8 heteroatoms. The molecule has 2 unspecified atom stereocenters. The van der Waals surface area contributed by atoms with Gasteiger partial charge in [-0.15, -0.1) is 0 Å². The lowest BCUT2D eigenvalue weighted by Gasteiger charge is -2.41. The lowest BCUT2D eigenvalue weighted by molar-refractivity contribution is -0.147. The molecule has 8 nitrogen and oxygen atoms in total. The van der Waals surface area contributed by atoms with Crippen molar-refractivity contribution in [3.05, 3.63) is 107 Å². The van der Waals surface area contributed by atoms with Gasteiger partial charge < -0.3 is 25.2 Å². The second-order valence-electron chi connectivity index (χ2n) is 11.7. The molecule has 1 saturated heterocycles. The highest BCUT2D eigenvalue weighted by atomic mass is 16.5. The number of carbonyl (C=O) groups is 3. The van der Waals surface area contributed by atoms with Gasteiger partial charge in [0.05, 0.1) is 24.9 Å². The monoisotopic (exact) mass is 552 g/mol. The molecule has 6 rings (SSSR count). The van der Waals surface area contributed by atoms with Crippen molar-refractivity contribution in [1.82, 2.24) is 20.4 Å². The van der Waals surface area contributed by atoms with Crippen molar-refractivity contribution in [2.24, 2.45) is 5.41 Å². The Bertz CT molecular complexity index is 1440. The highest BCUT2D eigenvalue weighted by Crippen LogP contribution is 2.38. The largest absolute Gasteiger partial charge is 0.497 e. The molecule has 2 aliphatic heterocycles. The van der Waals surface area contributed by atoms with Crippen molar-refractivity contribution in [2.45, 2.75) is 50.9 Å². The van der Waals surface area contributed by atoms with Gasteiger partial charge in [0, 0.05) is 30.1 Å². The molecule has 2 N–H and O–H groups in total. The van der Waals surface area contributed by atoms with Crippen molar-refractivity contribution in [3.8, 4) is 0 Å². The van der Waals surface area contributed by atoms with Crippen LogP contribution in [0.1, 0.15) is 41.3 Å². The number of benzene rings is 2. The average Bonchev–Trinajstić information content (AvgIpc) is 3.72. The van der Waals surface area contributed by atoms with Crippen molar-refractivity contribution in [1.29, 1.82) is 0 Å². The Morgan fingerprint density at radius 3 is 2.61 bits per heavy atom. The second kappa shape index (κ2) is 10.9. The van der Waals surface area contributed by atoms with Crippen LogP contribution in [-0.2, 0) is 27.3 Å². The van der Waals surface area contributed by atoms with Gasteiger partial charge in [-0.3, -0.25) is 14.4 Å². The minimum Gasteiger partial charge on any atom is -0.497 e. The fourth-order valence-corrected chi connectivity index (χ4v) is 5.93. The molecule has 2 aliphatic carbocycles. The van der Waals surface area contributed by atoms with Gasteiger partial charge in [-0.05, 0) is 60.8 Å². The zero-order valence-corrected chi connectivity index (χ0v) is 23.5. The van der Waals surface area contributed by atoms with Crippen LogP contribution in [0.15, 0.2) is 90.4 Å². The summed E-state index contributed by atoms with van der Waals surface area (Å²) in [6.07, 6.45) is 10.6. The number of fused-ring (bicyclic) bond motifs is 1. The van der Waals surface area contributed by atoms with Crippen LogP contribution in [0.5, 0.6) is 0 Å². The van der Waals surface area contributed by atoms with E-state index in [9.17, 15) is 14.4 Å². The number of hydrogen-bond acceptors (Lipinski definition) is 5. The van der Waals surface area contributed by atoms with E-state index in [-0.39, 0.29) is 42.4 Å². The first-order valence-corrected chi connectivity index (χ1v) is 14.3. The molecule has 2 aromatic rings. The number of carbonyl (C=O) groups excluding carboxylic acids is 3. The molecule has 0 aromatic heterocycles. The smallest absolute Gasteiger partial charge is 0.270 e. The van der Waals surface area contributed by atoms with Crippen LogP contribution in [0, 0.1) is 5.41 Å². The maximum atomic E-state index is 13.8. The first kappa shape index (κ1) is 26.9. The molecular weight excluding hydrogens is 516 g/mol. The summed E-state index contributed by atoms with van der Waals surface area (Å²) in [7, 11) is 1.63. The summed E-state index contributed by atoms with van der Waals surface area (Å²) in [5, 5.41) is 6.39. The molecule has 0 spiro atoms. The first-order valence-electron chi connectivity index (χ1n) is 14.3. The molecule has 0 radical (unpaired) electrons. The van der Waals surface area contributed by atoms with Gasteiger partial charge in [0.1, 0.15) is 12.3 Å². The zero-order chi connectivity index (χ0) is 28.6.